The summed E-state index contributed by atoms with van der Waals surface area (Å²) < 4.78 is 0. The first kappa shape index (κ1) is 7.70. The summed E-state index contributed by atoms with van der Waals surface area (Å²) in [7, 11) is 0. The van der Waals surface area contributed by atoms with Crippen molar-refractivity contribution in [1.82, 2.24) is 0 Å². The minimum absolute atomic E-state index is 0.00694. The molecule has 0 unspecified atom stereocenters. The Balaban J connectivity index is 3.40. The molecule has 1 aromatic rings. The molecule has 4 heteroatoms. The van der Waals surface area contributed by atoms with Gasteiger partial charge in [0.15, 0.2) is 5.75 Å². The first-order chi connectivity index (χ1) is 5.16. The fourth-order valence-electron chi connectivity index (χ4n) is 0.666. The molecule has 11 heavy (non-hydrogen) atoms. The van der Waals surface area contributed by atoms with Crippen molar-refractivity contribution in [2.75, 3.05) is 5.73 Å². The van der Waals surface area contributed by atoms with E-state index in [2.05, 4.69) is 0 Å². The number of nitrogens with zero attached hydrogens (tertiary/aromatic N) is 1. The van der Waals surface area contributed by atoms with Gasteiger partial charge in [0.1, 0.15) is 11.1 Å². The molecular weight excluding hydrogens is 164 g/mol. The van der Waals surface area contributed by atoms with Crippen LogP contribution in [0.2, 0.25) is 5.02 Å². The van der Waals surface area contributed by atoms with Crippen molar-refractivity contribution in [3.8, 4) is 11.8 Å². The van der Waals surface area contributed by atoms with Gasteiger partial charge in [0.25, 0.3) is 0 Å². The van der Waals surface area contributed by atoms with Crippen LogP contribution in [-0.4, -0.2) is 5.11 Å². The number of nitriles is 1. The smallest absolute Gasteiger partial charge is 0.158 e. The number of anilines is 1. The topological polar surface area (TPSA) is 70.0 Å². The lowest BCUT2D eigenvalue weighted by molar-refractivity contribution is 0.478. The van der Waals surface area contributed by atoms with Crippen molar-refractivity contribution in [3.63, 3.8) is 0 Å². The third kappa shape index (κ3) is 1.21. The fourth-order valence-corrected chi connectivity index (χ4v) is 0.880. The van der Waals surface area contributed by atoms with E-state index in [9.17, 15) is 0 Å². The second-order valence-electron chi connectivity index (χ2n) is 1.98. The highest BCUT2D eigenvalue weighted by Crippen LogP contribution is 2.31. The van der Waals surface area contributed by atoms with Gasteiger partial charge in [-0.25, -0.2) is 0 Å². The maximum atomic E-state index is 9.11. The maximum absolute atomic E-state index is 9.11. The molecule has 0 aliphatic carbocycles. The summed E-state index contributed by atoms with van der Waals surface area (Å²) in [5, 5.41) is 17.6. The molecule has 0 aliphatic heterocycles. The van der Waals surface area contributed by atoms with Gasteiger partial charge in [0.2, 0.25) is 0 Å². The predicted molar refractivity (Wildman–Crippen MR) is 42.2 cm³/mol. The summed E-state index contributed by atoms with van der Waals surface area (Å²) in [6.07, 6.45) is 0. The van der Waals surface area contributed by atoms with Crippen LogP contribution in [0, 0.1) is 11.3 Å². The van der Waals surface area contributed by atoms with Crippen LogP contribution in [0.3, 0.4) is 0 Å². The second-order valence-corrected chi connectivity index (χ2v) is 2.35. The third-order valence-electron chi connectivity index (χ3n) is 1.27. The molecule has 0 atom stereocenters. The van der Waals surface area contributed by atoms with Crippen LogP contribution in [0.4, 0.5) is 5.69 Å². The standard InChI is InChI=1S/C7H5ClN2O/c8-6-4(3-9)1-2-5(10)7(6)11/h1-2,11H,10H2. The van der Waals surface area contributed by atoms with Crippen molar-refractivity contribution in [2.45, 2.75) is 0 Å². The Kier molecular flexibility index (Phi) is 1.88. The van der Waals surface area contributed by atoms with Crippen LogP contribution < -0.4 is 5.73 Å². The lowest BCUT2D eigenvalue weighted by Gasteiger charge is -2.00. The molecule has 0 amide bonds. The highest BCUT2D eigenvalue weighted by molar-refractivity contribution is 6.33. The lowest BCUT2D eigenvalue weighted by atomic mass is 10.2. The Morgan fingerprint density at radius 3 is 2.73 bits per heavy atom. The number of benzene rings is 1. The van der Waals surface area contributed by atoms with Crippen LogP contribution in [0.15, 0.2) is 12.1 Å². The van der Waals surface area contributed by atoms with Crippen molar-refractivity contribution in [3.05, 3.63) is 22.7 Å². The van der Waals surface area contributed by atoms with Gasteiger partial charge >= 0.3 is 0 Å². The van der Waals surface area contributed by atoms with E-state index in [0.717, 1.165) is 0 Å². The third-order valence-corrected chi connectivity index (χ3v) is 1.65. The predicted octanol–water partition coefficient (Wildman–Crippen LogP) is 1.50. The van der Waals surface area contributed by atoms with Crippen molar-refractivity contribution < 1.29 is 5.11 Å². The molecule has 0 radical (unpaired) electrons. The molecule has 0 aromatic heterocycles. The molecule has 0 aliphatic rings. The summed E-state index contributed by atoms with van der Waals surface area (Å²) in [6.45, 7) is 0. The Morgan fingerprint density at radius 2 is 2.18 bits per heavy atom. The molecule has 0 spiro atoms. The SMILES string of the molecule is N#Cc1ccc(N)c(O)c1Cl. The molecule has 0 saturated carbocycles. The van der Waals surface area contributed by atoms with E-state index in [1.54, 1.807) is 0 Å². The minimum atomic E-state index is -0.231. The number of aromatic hydroxyl groups is 1. The first-order valence-electron chi connectivity index (χ1n) is 2.84. The molecule has 56 valence electrons. The van der Waals surface area contributed by atoms with E-state index in [4.69, 9.17) is 27.7 Å². The number of phenolic OH excluding ortho intramolecular Hbond substituents is 1. The van der Waals surface area contributed by atoms with Crippen molar-refractivity contribution >= 4 is 17.3 Å². The normalized spacial score (nSPS) is 9.09. The molecule has 3 nitrogen and oxygen atoms in total. The summed E-state index contributed by atoms with van der Waals surface area (Å²) in [5.41, 5.74) is 5.70. The quantitative estimate of drug-likeness (QED) is 0.456. The van der Waals surface area contributed by atoms with Gasteiger partial charge in [-0.2, -0.15) is 5.26 Å². The molecule has 1 aromatic carbocycles. The maximum Gasteiger partial charge on any atom is 0.158 e. The zero-order chi connectivity index (χ0) is 8.43. The van der Waals surface area contributed by atoms with E-state index in [1.165, 1.54) is 12.1 Å². The first-order valence-corrected chi connectivity index (χ1v) is 3.21. The van der Waals surface area contributed by atoms with Gasteiger partial charge in [-0.15, -0.1) is 0 Å². The van der Waals surface area contributed by atoms with Gasteiger partial charge in [0.05, 0.1) is 11.3 Å². The minimum Gasteiger partial charge on any atom is -0.504 e. The summed E-state index contributed by atoms with van der Waals surface area (Å²) in [6, 6.07) is 4.70. The van der Waals surface area contributed by atoms with Crippen LogP contribution in [0.1, 0.15) is 5.56 Å². The number of nitrogens with two attached hydrogens (primary N) is 1. The molecule has 0 saturated heterocycles. The Bertz CT molecular complexity index is 330. The van der Waals surface area contributed by atoms with Gasteiger partial charge < -0.3 is 10.8 Å². The van der Waals surface area contributed by atoms with Crippen LogP contribution in [-0.2, 0) is 0 Å². The van der Waals surface area contributed by atoms with Gasteiger partial charge in [-0.3, -0.25) is 0 Å². The average molecular weight is 169 g/mol. The summed E-state index contributed by atoms with van der Waals surface area (Å²) in [4.78, 5) is 0. The highest BCUT2D eigenvalue weighted by Gasteiger charge is 2.06. The van der Waals surface area contributed by atoms with E-state index >= 15 is 0 Å². The second kappa shape index (κ2) is 2.69. The summed E-state index contributed by atoms with van der Waals surface area (Å²) >= 11 is 5.55. The highest BCUT2D eigenvalue weighted by atomic mass is 35.5. The fraction of sp³-hybridized carbons (Fsp3) is 0. The van der Waals surface area contributed by atoms with E-state index < -0.39 is 0 Å². The number of hydrogen-bond acceptors (Lipinski definition) is 3. The van der Waals surface area contributed by atoms with Crippen LogP contribution in [0.25, 0.3) is 0 Å². The zero-order valence-corrected chi connectivity index (χ0v) is 6.26. The number of hydrogen-bond donors (Lipinski definition) is 2. The molecular formula is C7H5ClN2O. The molecule has 0 heterocycles. The largest absolute Gasteiger partial charge is 0.504 e. The van der Waals surface area contributed by atoms with Gasteiger partial charge in [0, 0.05) is 0 Å². The van der Waals surface area contributed by atoms with E-state index in [0.29, 0.717) is 0 Å². The molecule has 0 bridgehead atoms. The molecule has 0 fully saturated rings. The number of nitrogen functional groups attached to an aromatic ring is 1. The van der Waals surface area contributed by atoms with Gasteiger partial charge in [-0.05, 0) is 12.1 Å². The summed E-state index contributed by atoms with van der Waals surface area (Å²) in [5.74, 6) is -0.231. The van der Waals surface area contributed by atoms with E-state index in [-0.39, 0.29) is 22.0 Å². The Hall–Kier alpha value is -1.40. The molecule has 3 N–H and O–H groups in total. The van der Waals surface area contributed by atoms with Crippen LogP contribution >= 0.6 is 11.6 Å². The zero-order valence-electron chi connectivity index (χ0n) is 5.50. The number of rotatable bonds is 0. The van der Waals surface area contributed by atoms with Crippen LogP contribution in [0.5, 0.6) is 5.75 Å². The average Bonchev–Trinajstić information content (AvgIpc) is 2.01. The lowest BCUT2D eigenvalue weighted by Crippen LogP contribution is -1.87. The Morgan fingerprint density at radius 1 is 1.55 bits per heavy atom. The Labute approximate surface area is 68.6 Å². The van der Waals surface area contributed by atoms with Crippen molar-refractivity contribution in [1.29, 1.82) is 5.26 Å². The van der Waals surface area contributed by atoms with E-state index in [1.807, 2.05) is 6.07 Å². The van der Waals surface area contributed by atoms with Crippen molar-refractivity contribution in [2.24, 2.45) is 0 Å². The van der Waals surface area contributed by atoms with Gasteiger partial charge in [-0.1, -0.05) is 11.6 Å². The number of phenols is 1. The molecule has 1 rings (SSSR count). The number of halogens is 1. The monoisotopic (exact) mass is 168 g/mol.